The van der Waals surface area contributed by atoms with Crippen LogP contribution in [0.2, 0.25) is 0 Å². The Morgan fingerprint density at radius 1 is 1.00 bits per heavy atom. The molecule has 2 aromatic heterocycles. The molecule has 0 saturated heterocycles. The van der Waals surface area contributed by atoms with E-state index < -0.39 is 5.95 Å². The molecule has 18 heavy (non-hydrogen) atoms. The van der Waals surface area contributed by atoms with E-state index in [0.717, 1.165) is 22.0 Å². The third-order valence-electron chi connectivity index (χ3n) is 2.85. The van der Waals surface area contributed by atoms with Gasteiger partial charge in [0.25, 0.3) is 0 Å². The van der Waals surface area contributed by atoms with Crippen LogP contribution in [0.15, 0.2) is 43.0 Å². The molecule has 2 heterocycles. The first-order valence-electron chi connectivity index (χ1n) is 5.56. The number of rotatable bonds is 1. The summed E-state index contributed by atoms with van der Waals surface area (Å²) in [5.41, 5.74) is 3.30. The van der Waals surface area contributed by atoms with Crippen LogP contribution in [0.25, 0.3) is 22.0 Å². The Hall–Kier alpha value is -2.36. The fourth-order valence-corrected chi connectivity index (χ4v) is 1.88. The Balaban J connectivity index is 2.16. The lowest BCUT2D eigenvalue weighted by atomic mass is 10.0. The maximum atomic E-state index is 13.1. The molecule has 4 heteroatoms. The van der Waals surface area contributed by atoms with Gasteiger partial charge in [-0.3, -0.25) is 0 Å². The van der Waals surface area contributed by atoms with Crippen molar-refractivity contribution in [3.63, 3.8) is 0 Å². The Morgan fingerprint density at radius 3 is 2.72 bits per heavy atom. The summed E-state index contributed by atoms with van der Waals surface area (Å²) in [4.78, 5) is 11.9. The van der Waals surface area contributed by atoms with E-state index in [9.17, 15) is 4.39 Å². The first-order valence-corrected chi connectivity index (χ1v) is 5.56. The van der Waals surface area contributed by atoms with Crippen molar-refractivity contribution in [2.24, 2.45) is 0 Å². The zero-order chi connectivity index (χ0) is 12.5. The smallest absolute Gasteiger partial charge is 0.215 e. The first-order chi connectivity index (χ1) is 8.74. The van der Waals surface area contributed by atoms with Crippen LogP contribution in [0, 0.1) is 12.9 Å². The van der Waals surface area contributed by atoms with Gasteiger partial charge in [0.15, 0.2) is 0 Å². The van der Waals surface area contributed by atoms with Crippen LogP contribution in [0.5, 0.6) is 0 Å². The molecule has 0 N–H and O–H groups in total. The van der Waals surface area contributed by atoms with Crippen molar-refractivity contribution in [3.05, 3.63) is 54.5 Å². The number of hydrogen-bond donors (Lipinski definition) is 0. The molecule has 0 fully saturated rings. The summed E-state index contributed by atoms with van der Waals surface area (Å²) >= 11 is 0. The lowest BCUT2D eigenvalue weighted by Crippen LogP contribution is -1.89. The van der Waals surface area contributed by atoms with Gasteiger partial charge in [0, 0.05) is 28.9 Å². The van der Waals surface area contributed by atoms with Crippen LogP contribution in [0.4, 0.5) is 4.39 Å². The second-order valence-corrected chi connectivity index (χ2v) is 4.13. The molecule has 88 valence electrons. The van der Waals surface area contributed by atoms with E-state index in [-0.39, 0.29) is 0 Å². The third kappa shape index (κ3) is 1.82. The van der Waals surface area contributed by atoms with Crippen LogP contribution in [-0.4, -0.2) is 15.0 Å². The molecule has 0 aliphatic carbocycles. The molecule has 3 aromatic rings. The highest BCUT2D eigenvalue weighted by atomic mass is 19.1. The molecule has 0 aliphatic rings. The number of fused-ring (bicyclic) bond motifs is 1. The molecule has 0 unspecified atom stereocenters. The molecule has 0 aliphatic heterocycles. The minimum atomic E-state index is -0.428. The molecule has 0 spiro atoms. The zero-order valence-electron chi connectivity index (χ0n) is 9.76. The molecule has 0 radical (unpaired) electrons. The maximum absolute atomic E-state index is 13.1. The lowest BCUT2D eigenvalue weighted by Gasteiger charge is -2.04. The van der Waals surface area contributed by atoms with Gasteiger partial charge >= 0.3 is 0 Å². The SMILES string of the molecule is Cc1cc(-c2ccc3ncncc3c2)cnc1F. The summed E-state index contributed by atoms with van der Waals surface area (Å²) in [6.07, 6.45) is 4.81. The first kappa shape index (κ1) is 10.8. The average molecular weight is 239 g/mol. The van der Waals surface area contributed by atoms with Crippen LogP contribution in [-0.2, 0) is 0 Å². The van der Waals surface area contributed by atoms with Crippen molar-refractivity contribution in [2.45, 2.75) is 6.92 Å². The van der Waals surface area contributed by atoms with Gasteiger partial charge in [0.1, 0.15) is 6.33 Å². The van der Waals surface area contributed by atoms with Gasteiger partial charge in [-0.15, -0.1) is 0 Å². The van der Waals surface area contributed by atoms with Gasteiger partial charge in [0.05, 0.1) is 5.52 Å². The van der Waals surface area contributed by atoms with Crippen molar-refractivity contribution in [1.82, 2.24) is 15.0 Å². The number of nitrogens with zero attached hydrogens (tertiary/aromatic N) is 3. The predicted octanol–water partition coefficient (Wildman–Crippen LogP) is 3.14. The highest BCUT2D eigenvalue weighted by Crippen LogP contribution is 2.23. The second-order valence-electron chi connectivity index (χ2n) is 4.13. The van der Waals surface area contributed by atoms with Crippen LogP contribution in [0.1, 0.15) is 5.56 Å². The molecular formula is C14H10FN3. The van der Waals surface area contributed by atoms with Gasteiger partial charge in [-0.05, 0) is 30.7 Å². The molecule has 3 nitrogen and oxygen atoms in total. The van der Waals surface area contributed by atoms with E-state index in [1.54, 1.807) is 19.2 Å². The minimum Gasteiger partial charge on any atom is -0.244 e. The fraction of sp³-hybridized carbons (Fsp3) is 0.0714. The minimum absolute atomic E-state index is 0.428. The van der Waals surface area contributed by atoms with Gasteiger partial charge in [-0.1, -0.05) is 6.07 Å². The van der Waals surface area contributed by atoms with E-state index in [4.69, 9.17) is 0 Å². The molecule has 0 bridgehead atoms. The van der Waals surface area contributed by atoms with E-state index in [0.29, 0.717) is 5.56 Å². The number of aryl methyl sites for hydroxylation is 1. The third-order valence-corrected chi connectivity index (χ3v) is 2.85. The van der Waals surface area contributed by atoms with Crippen molar-refractivity contribution < 1.29 is 4.39 Å². The average Bonchev–Trinajstić information content (AvgIpc) is 2.41. The molecule has 0 amide bonds. The van der Waals surface area contributed by atoms with E-state index in [1.807, 2.05) is 18.2 Å². The van der Waals surface area contributed by atoms with Crippen LogP contribution >= 0.6 is 0 Å². The Bertz CT molecular complexity index is 725. The van der Waals surface area contributed by atoms with Crippen molar-refractivity contribution >= 4 is 10.9 Å². The van der Waals surface area contributed by atoms with Crippen molar-refractivity contribution in [3.8, 4) is 11.1 Å². The van der Waals surface area contributed by atoms with E-state index in [2.05, 4.69) is 15.0 Å². The normalized spacial score (nSPS) is 10.8. The van der Waals surface area contributed by atoms with Gasteiger partial charge < -0.3 is 0 Å². The Labute approximate surface area is 103 Å². The van der Waals surface area contributed by atoms with E-state index in [1.165, 1.54) is 12.5 Å². The Morgan fingerprint density at radius 2 is 1.89 bits per heavy atom. The molecule has 1 aromatic carbocycles. The number of aromatic nitrogens is 3. The van der Waals surface area contributed by atoms with Crippen LogP contribution in [0.3, 0.4) is 0 Å². The number of benzene rings is 1. The summed E-state index contributed by atoms with van der Waals surface area (Å²) in [5, 5.41) is 0.956. The number of hydrogen-bond acceptors (Lipinski definition) is 3. The highest BCUT2D eigenvalue weighted by molar-refractivity contribution is 5.83. The quantitative estimate of drug-likeness (QED) is 0.612. The molecule has 0 saturated carbocycles. The standard InChI is InChI=1S/C14H10FN3/c1-9-4-11(7-17-14(9)15)10-2-3-13-12(5-10)6-16-8-18-13/h2-8H,1H3. The van der Waals surface area contributed by atoms with Crippen molar-refractivity contribution in [2.75, 3.05) is 0 Å². The number of halogens is 1. The zero-order valence-corrected chi connectivity index (χ0v) is 9.76. The lowest BCUT2D eigenvalue weighted by molar-refractivity contribution is 0.575. The molecule has 0 atom stereocenters. The summed E-state index contributed by atoms with van der Waals surface area (Å²) in [5.74, 6) is -0.428. The topological polar surface area (TPSA) is 38.7 Å². The van der Waals surface area contributed by atoms with E-state index >= 15 is 0 Å². The van der Waals surface area contributed by atoms with Crippen LogP contribution < -0.4 is 0 Å². The van der Waals surface area contributed by atoms with Gasteiger partial charge in [0.2, 0.25) is 5.95 Å². The van der Waals surface area contributed by atoms with Gasteiger partial charge in [-0.2, -0.15) is 4.39 Å². The predicted molar refractivity (Wildman–Crippen MR) is 67.5 cm³/mol. The fourth-order valence-electron chi connectivity index (χ4n) is 1.88. The second kappa shape index (κ2) is 4.14. The summed E-state index contributed by atoms with van der Waals surface area (Å²) in [7, 11) is 0. The molecular weight excluding hydrogens is 229 g/mol. The number of pyridine rings is 1. The largest absolute Gasteiger partial charge is 0.244 e. The molecule has 3 rings (SSSR count). The van der Waals surface area contributed by atoms with Crippen molar-refractivity contribution in [1.29, 1.82) is 0 Å². The summed E-state index contributed by atoms with van der Waals surface area (Å²) in [6, 6.07) is 7.63. The Kier molecular flexibility index (Phi) is 2.48. The van der Waals surface area contributed by atoms with Gasteiger partial charge in [-0.25, -0.2) is 15.0 Å². The maximum Gasteiger partial charge on any atom is 0.215 e. The monoisotopic (exact) mass is 239 g/mol. The summed E-state index contributed by atoms with van der Waals surface area (Å²) < 4.78 is 13.1. The summed E-state index contributed by atoms with van der Waals surface area (Å²) in [6.45, 7) is 1.70. The highest BCUT2D eigenvalue weighted by Gasteiger charge is 2.04.